The van der Waals surface area contributed by atoms with E-state index in [-0.39, 0.29) is 0 Å². The summed E-state index contributed by atoms with van der Waals surface area (Å²) in [6.45, 7) is 11.9. The number of ether oxygens (including phenoxy) is 1. The summed E-state index contributed by atoms with van der Waals surface area (Å²) in [5.74, 6) is -0.589. The van der Waals surface area contributed by atoms with E-state index in [0.29, 0.717) is 17.2 Å². The topological polar surface area (TPSA) is 72.3 Å². The quantitative estimate of drug-likeness (QED) is 0.317. The molecule has 0 radical (unpaired) electrons. The molecule has 5 nitrogen and oxygen atoms in total. The van der Waals surface area contributed by atoms with E-state index >= 15 is 0 Å². The van der Waals surface area contributed by atoms with Gasteiger partial charge in [-0.15, -0.1) is 22.7 Å². The number of aryl methyl sites for hydroxylation is 3. The van der Waals surface area contributed by atoms with Gasteiger partial charge in [0.25, 0.3) is 0 Å². The summed E-state index contributed by atoms with van der Waals surface area (Å²) < 4.78 is 7.30. The lowest BCUT2D eigenvalue weighted by Gasteiger charge is -2.28. The molecule has 1 aromatic carbocycles. The van der Waals surface area contributed by atoms with E-state index in [1.807, 2.05) is 34.6 Å². The van der Waals surface area contributed by atoms with Gasteiger partial charge in [-0.25, -0.2) is 14.8 Å². The van der Waals surface area contributed by atoms with Gasteiger partial charge < -0.3 is 9.84 Å². The monoisotopic (exact) mass is 494 g/mol. The zero-order chi connectivity index (χ0) is 24.4. The maximum Gasteiger partial charge on any atom is 0.337 e. The zero-order valence-electron chi connectivity index (χ0n) is 20.5. The molecule has 3 aromatic heterocycles. The fourth-order valence-electron chi connectivity index (χ4n) is 5.15. The SMILES string of the molecule is Cc1nc2cc(-c3c(C(OC(C)(C)C)C(=O)O)c(C)nc4sc5c(c34)[C@H](C)CCC5)ccc2s1. The van der Waals surface area contributed by atoms with Gasteiger partial charge in [-0.1, -0.05) is 13.0 Å². The van der Waals surface area contributed by atoms with Gasteiger partial charge in [0.05, 0.1) is 20.8 Å². The molecule has 178 valence electrons. The molecule has 7 heteroatoms. The summed E-state index contributed by atoms with van der Waals surface area (Å²) in [5, 5.41) is 12.4. The Kier molecular flexibility index (Phi) is 5.78. The lowest BCUT2D eigenvalue weighted by Crippen LogP contribution is -2.28. The van der Waals surface area contributed by atoms with E-state index in [0.717, 1.165) is 49.4 Å². The highest BCUT2D eigenvalue weighted by Gasteiger charge is 2.34. The second-order valence-corrected chi connectivity index (χ2v) is 12.6. The van der Waals surface area contributed by atoms with Gasteiger partial charge in [0.2, 0.25) is 0 Å². The molecule has 0 amide bonds. The number of aliphatic carboxylic acids is 1. The Hall–Kier alpha value is -2.35. The summed E-state index contributed by atoms with van der Waals surface area (Å²) in [6.07, 6.45) is 2.25. The Morgan fingerprint density at radius 3 is 2.68 bits per heavy atom. The van der Waals surface area contributed by atoms with Crippen molar-refractivity contribution in [2.75, 3.05) is 0 Å². The summed E-state index contributed by atoms with van der Waals surface area (Å²) in [7, 11) is 0. The Bertz CT molecular complexity index is 1430. The minimum absolute atomic E-state index is 0.408. The lowest BCUT2D eigenvalue weighted by molar-refractivity contribution is -0.160. The molecule has 2 atom stereocenters. The van der Waals surface area contributed by atoms with Gasteiger partial charge in [-0.05, 0) is 83.1 Å². The molecule has 5 rings (SSSR count). The molecule has 34 heavy (non-hydrogen) atoms. The highest BCUT2D eigenvalue weighted by molar-refractivity contribution is 7.19. The van der Waals surface area contributed by atoms with Crippen molar-refractivity contribution in [1.29, 1.82) is 0 Å². The number of fused-ring (bicyclic) bond motifs is 4. The first-order chi connectivity index (χ1) is 16.0. The normalized spacial score (nSPS) is 17.3. The Morgan fingerprint density at radius 1 is 1.21 bits per heavy atom. The van der Waals surface area contributed by atoms with Crippen molar-refractivity contribution >= 4 is 49.1 Å². The number of carboxylic acid groups (broad SMARTS) is 1. The number of rotatable bonds is 4. The number of thiazole rings is 1. The van der Waals surface area contributed by atoms with Crippen molar-refractivity contribution < 1.29 is 14.6 Å². The molecule has 0 spiro atoms. The number of aromatic nitrogens is 2. The highest BCUT2D eigenvalue weighted by Crippen LogP contribution is 2.49. The van der Waals surface area contributed by atoms with Crippen LogP contribution in [-0.4, -0.2) is 26.6 Å². The number of hydrogen-bond acceptors (Lipinski definition) is 6. The standard InChI is InChI=1S/C27H30N2O3S2/c1-13-8-7-9-19-20(13)23-22(16-10-11-18-17(12-16)29-15(3)33-18)21(14(2)28-25(23)34-19)24(26(30)31)32-27(4,5)6/h10-13,24H,7-9H2,1-6H3,(H,30,31)/t13-,24?/m1/s1. The van der Waals surface area contributed by atoms with Crippen LogP contribution >= 0.6 is 22.7 Å². The van der Waals surface area contributed by atoms with Crippen LogP contribution in [0.4, 0.5) is 0 Å². The fraction of sp³-hybridized carbons (Fsp3) is 0.444. The maximum atomic E-state index is 12.6. The molecule has 1 aliphatic carbocycles. The number of nitrogens with zero attached hydrogens (tertiary/aromatic N) is 2. The third-order valence-corrected chi connectivity index (χ3v) is 8.57. The predicted molar refractivity (Wildman–Crippen MR) is 140 cm³/mol. The molecule has 0 fully saturated rings. The van der Waals surface area contributed by atoms with Crippen LogP contribution < -0.4 is 0 Å². The second-order valence-electron chi connectivity index (χ2n) is 10.3. The van der Waals surface area contributed by atoms with Gasteiger partial charge >= 0.3 is 5.97 Å². The first-order valence-corrected chi connectivity index (χ1v) is 13.4. The van der Waals surface area contributed by atoms with E-state index in [1.54, 1.807) is 22.7 Å². The van der Waals surface area contributed by atoms with Gasteiger partial charge in [0.1, 0.15) is 4.83 Å². The van der Waals surface area contributed by atoms with E-state index in [1.165, 1.54) is 16.9 Å². The third-order valence-electron chi connectivity index (χ3n) is 6.46. The van der Waals surface area contributed by atoms with Crippen LogP contribution in [0.15, 0.2) is 18.2 Å². The minimum atomic E-state index is -1.12. The number of hydrogen-bond donors (Lipinski definition) is 1. The second kappa shape index (κ2) is 8.40. The molecule has 0 bridgehead atoms. The fourth-order valence-corrected chi connectivity index (χ4v) is 7.35. The number of thiophene rings is 1. The Balaban J connectivity index is 1.89. The summed E-state index contributed by atoms with van der Waals surface area (Å²) in [4.78, 5) is 24.7. The largest absolute Gasteiger partial charge is 0.479 e. The van der Waals surface area contributed by atoms with Crippen molar-refractivity contribution in [2.45, 2.75) is 78.4 Å². The average Bonchev–Trinajstić information content (AvgIpc) is 3.29. The van der Waals surface area contributed by atoms with Gasteiger partial charge in [0.15, 0.2) is 6.10 Å². The molecular weight excluding hydrogens is 464 g/mol. The summed E-state index contributed by atoms with van der Waals surface area (Å²) >= 11 is 3.43. The van der Waals surface area contributed by atoms with Crippen LogP contribution in [-0.2, 0) is 16.0 Å². The van der Waals surface area contributed by atoms with Crippen LogP contribution in [0.25, 0.3) is 31.6 Å². The van der Waals surface area contributed by atoms with Crippen molar-refractivity contribution in [2.24, 2.45) is 0 Å². The van der Waals surface area contributed by atoms with Crippen molar-refractivity contribution in [3.05, 3.63) is 44.9 Å². The molecule has 3 heterocycles. The molecule has 1 unspecified atom stereocenters. The van der Waals surface area contributed by atoms with Crippen molar-refractivity contribution in [3.8, 4) is 11.1 Å². The molecule has 0 saturated heterocycles. The van der Waals surface area contributed by atoms with Gasteiger partial charge in [-0.2, -0.15) is 0 Å². The molecule has 0 aliphatic heterocycles. The zero-order valence-corrected chi connectivity index (χ0v) is 22.1. The first kappa shape index (κ1) is 23.4. The van der Waals surface area contributed by atoms with Crippen molar-refractivity contribution in [1.82, 2.24) is 9.97 Å². The van der Waals surface area contributed by atoms with E-state index < -0.39 is 17.7 Å². The minimum Gasteiger partial charge on any atom is -0.479 e. The van der Waals surface area contributed by atoms with Crippen LogP contribution in [0.1, 0.15) is 79.3 Å². The molecule has 0 saturated carbocycles. The van der Waals surface area contributed by atoms with Crippen LogP contribution in [0, 0.1) is 13.8 Å². The summed E-state index contributed by atoms with van der Waals surface area (Å²) in [6, 6.07) is 6.30. The number of carbonyl (C=O) groups is 1. The van der Waals surface area contributed by atoms with E-state index in [9.17, 15) is 9.90 Å². The molecule has 1 aliphatic rings. The summed E-state index contributed by atoms with van der Waals surface area (Å²) in [5.41, 5.74) is 4.93. The van der Waals surface area contributed by atoms with E-state index in [4.69, 9.17) is 14.7 Å². The molecule has 4 aromatic rings. The highest BCUT2D eigenvalue weighted by atomic mass is 32.1. The molecule has 1 N–H and O–H groups in total. The van der Waals surface area contributed by atoms with Gasteiger partial charge in [0, 0.05) is 27.1 Å². The molecular formula is C27H30N2O3S2. The Morgan fingerprint density at radius 2 is 1.97 bits per heavy atom. The lowest BCUT2D eigenvalue weighted by atomic mass is 9.83. The first-order valence-electron chi connectivity index (χ1n) is 11.8. The third kappa shape index (κ3) is 4.04. The number of carboxylic acids is 1. The van der Waals surface area contributed by atoms with Crippen LogP contribution in [0.3, 0.4) is 0 Å². The number of pyridine rings is 1. The van der Waals surface area contributed by atoms with Crippen LogP contribution in [0.5, 0.6) is 0 Å². The Labute approximate surface area is 207 Å². The van der Waals surface area contributed by atoms with Crippen LogP contribution in [0.2, 0.25) is 0 Å². The predicted octanol–water partition coefficient (Wildman–Crippen LogP) is 7.57. The smallest absolute Gasteiger partial charge is 0.337 e. The van der Waals surface area contributed by atoms with E-state index in [2.05, 4.69) is 25.1 Å². The maximum absolute atomic E-state index is 12.6. The average molecular weight is 495 g/mol. The van der Waals surface area contributed by atoms with Gasteiger partial charge in [-0.3, -0.25) is 0 Å². The van der Waals surface area contributed by atoms with Crippen molar-refractivity contribution in [3.63, 3.8) is 0 Å². The number of benzene rings is 1.